The van der Waals surface area contributed by atoms with E-state index in [2.05, 4.69) is 69.3 Å². The Hall–Kier alpha value is -2.41. The van der Waals surface area contributed by atoms with Gasteiger partial charge in [0.2, 0.25) is 0 Å². The number of aldehydes is 1. The minimum atomic E-state index is 0.129. The summed E-state index contributed by atoms with van der Waals surface area (Å²) < 4.78 is 0. The van der Waals surface area contributed by atoms with Gasteiger partial charge in [0.25, 0.3) is 0 Å². The molecule has 0 atom stereocenters. The summed E-state index contributed by atoms with van der Waals surface area (Å²) in [6, 6.07) is 15.3. The second kappa shape index (κ2) is 6.24. The fraction of sp³-hybridized carbons (Fsp3) is 0.261. The predicted molar refractivity (Wildman–Crippen MR) is 102 cm³/mol. The number of benzene rings is 2. The molecule has 0 aliphatic heterocycles. The lowest BCUT2D eigenvalue weighted by molar-refractivity contribution is -0.104. The van der Waals surface area contributed by atoms with Crippen molar-refractivity contribution in [2.75, 3.05) is 0 Å². The van der Waals surface area contributed by atoms with Crippen molar-refractivity contribution in [3.8, 4) is 0 Å². The average molecular weight is 316 g/mol. The monoisotopic (exact) mass is 316 g/mol. The Bertz CT molecular complexity index is 833. The largest absolute Gasteiger partial charge is 0.299 e. The lowest BCUT2D eigenvalue weighted by Crippen LogP contribution is -2.22. The molecular weight excluding hydrogens is 292 g/mol. The number of aryl methyl sites for hydroxylation is 1. The second-order valence-electron chi connectivity index (χ2n) is 7.32. The zero-order valence-corrected chi connectivity index (χ0v) is 14.9. The first-order valence-electron chi connectivity index (χ1n) is 8.47. The van der Waals surface area contributed by atoms with E-state index in [1.807, 2.05) is 6.92 Å². The molecule has 3 rings (SSSR count). The minimum Gasteiger partial charge on any atom is -0.299 e. The summed E-state index contributed by atoms with van der Waals surface area (Å²) >= 11 is 0. The SMILES string of the molecule is C/C(=C\C=O)c1ccc2c(c1)C(c1ccc(C)cc1)=CCC2(C)C. The van der Waals surface area contributed by atoms with E-state index in [0.29, 0.717) is 0 Å². The number of fused-ring (bicyclic) bond motifs is 1. The first kappa shape index (κ1) is 16.4. The normalized spacial score (nSPS) is 16.3. The van der Waals surface area contributed by atoms with Crippen molar-refractivity contribution in [2.45, 2.75) is 39.5 Å². The Morgan fingerprint density at radius 3 is 2.46 bits per heavy atom. The van der Waals surface area contributed by atoms with E-state index in [1.54, 1.807) is 6.08 Å². The molecule has 0 unspecified atom stereocenters. The highest BCUT2D eigenvalue weighted by Crippen LogP contribution is 2.42. The number of allylic oxidation sites excluding steroid dienone is 3. The van der Waals surface area contributed by atoms with E-state index < -0.39 is 0 Å². The van der Waals surface area contributed by atoms with Crippen molar-refractivity contribution in [1.29, 1.82) is 0 Å². The van der Waals surface area contributed by atoms with Crippen LogP contribution in [0.3, 0.4) is 0 Å². The molecule has 0 N–H and O–H groups in total. The Kier molecular flexibility index (Phi) is 4.28. The average Bonchev–Trinajstić information content (AvgIpc) is 2.56. The molecule has 0 heterocycles. The van der Waals surface area contributed by atoms with Gasteiger partial charge in [0.05, 0.1) is 0 Å². The number of rotatable bonds is 3. The predicted octanol–water partition coefficient (Wildman–Crippen LogP) is 5.71. The first-order chi connectivity index (χ1) is 11.4. The summed E-state index contributed by atoms with van der Waals surface area (Å²) in [4.78, 5) is 10.8. The standard InChI is InChI=1S/C23H24O/c1-16-5-7-18(8-6-16)20-11-13-23(3,4)22-10-9-19(15-21(20)22)17(2)12-14-24/h5-12,14-15H,13H2,1-4H3/b17-12+. The van der Waals surface area contributed by atoms with E-state index in [9.17, 15) is 4.79 Å². The molecule has 1 nitrogen and oxygen atoms in total. The zero-order valence-electron chi connectivity index (χ0n) is 14.9. The molecule has 0 aromatic heterocycles. The summed E-state index contributed by atoms with van der Waals surface area (Å²) in [5, 5.41) is 0. The van der Waals surface area contributed by atoms with Crippen molar-refractivity contribution < 1.29 is 4.79 Å². The third kappa shape index (κ3) is 2.99. The molecule has 1 heteroatoms. The molecule has 24 heavy (non-hydrogen) atoms. The van der Waals surface area contributed by atoms with Crippen LogP contribution in [0.4, 0.5) is 0 Å². The van der Waals surface area contributed by atoms with Gasteiger partial charge in [-0.3, -0.25) is 4.79 Å². The van der Waals surface area contributed by atoms with Crippen LogP contribution in [0.15, 0.2) is 54.6 Å². The van der Waals surface area contributed by atoms with Crippen molar-refractivity contribution >= 4 is 17.4 Å². The van der Waals surface area contributed by atoms with Crippen LogP contribution >= 0.6 is 0 Å². The molecule has 0 amide bonds. The van der Waals surface area contributed by atoms with Crippen LogP contribution < -0.4 is 0 Å². The third-order valence-electron chi connectivity index (χ3n) is 4.99. The third-order valence-corrected chi connectivity index (χ3v) is 4.99. The molecule has 0 fully saturated rings. The molecule has 1 aliphatic carbocycles. The van der Waals surface area contributed by atoms with Crippen LogP contribution in [0.2, 0.25) is 0 Å². The summed E-state index contributed by atoms with van der Waals surface area (Å²) in [6.45, 7) is 8.69. The Labute approximate surface area is 144 Å². The number of hydrogen-bond acceptors (Lipinski definition) is 1. The van der Waals surface area contributed by atoms with Gasteiger partial charge in [-0.15, -0.1) is 0 Å². The van der Waals surface area contributed by atoms with Crippen LogP contribution in [-0.2, 0) is 10.2 Å². The lowest BCUT2D eigenvalue weighted by Gasteiger charge is -2.32. The molecular formula is C23H24O. The summed E-state index contributed by atoms with van der Waals surface area (Å²) in [5.41, 5.74) is 8.72. The molecule has 1 aliphatic rings. The molecule has 2 aromatic rings. The molecule has 0 spiro atoms. The van der Waals surface area contributed by atoms with Gasteiger partial charge in [0.15, 0.2) is 0 Å². The molecule has 2 aromatic carbocycles. The highest BCUT2D eigenvalue weighted by Gasteiger charge is 2.28. The Balaban J connectivity index is 2.17. The fourth-order valence-corrected chi connectivity index (χ4v) is 3.38. The van der Waals surface area contributed by atoms with E-state index >= 15 is 0 Å². The first-order valence-corrected chi connectivity index (χ1v) is 8.47. The van der Waals surface area contributed by atoms with Crippen molar-refractivity contribution in [1.82, 2.24) is 0 Å². The van der Waals surface area contributed by atoms with Crippen LogP contribution in [-0.4, -0.2) is 6.29 Å². The molecule has 0 saturated carbocycles. The van der Waals surface area contributed by atoms with Gasteiger partial charge >= 0.3 is 0 Å². The maximum atomic E-state index is 10.8. The maximum absolute atomic E-state index is 10.8. The topological polar surface area (TPSA) is 17.1 Å². The van der Waals surface area contributed by atoms with Crippen LogP contribution in [0, 0.1) is 6.92 Å². The lowest BCUT2D eigenvalue weighted by atomic mass is 9.71. The van der Waals surface area contributed by atoms with Gasteiger partial charge in [-0.25, -0.2) is 0 Å². The molecule has 0 radical (unpaired) electrons. The maximum Gasteiger partial charge on any atom is 0.143 e. The summed E-state index contributed by atoms with van der Waals surface area (Å²) in [6.07, 6.45) is 5.88. The Morgan fingerprint density at radius 1 is 1.08 bits per heavy atom. The van der Waals surface area contributed by atoms with E-state index in [-0.39, 0.29) is 5.41 Å². The Morgan fingerprint density at radius 2 is 1.79 bits per heavy atom. The quantitative estimate of drug-likeness (QED) is 0.523. The van der Waals surface area contributed by atoms with Crippen LogP contribution in [0.25, 0.3) is 11.1 Å². The highest BCUT2D eigenvalue weighted by atomic mass is 16.1. The van der Waals surface area contributed by atoms with Crippen molar-refractivity contribution in [3.63, 3.8) is 0 Å². The van der Waals surface area contributed by atoms with Gasteiger partial charge in [0.1, 0.15) is 6.29 Å². The van der Waals surface area contributed by atoms with E-state index in [4.69, 9.17) is 0 Å². The molecule has 0 bridgehead atoms. The van der Waals surface area contributed by atoms with Gasteiger partial charge in [-0.1, -0.05) is 61.9 Å². The zero-order chi connectivity index (χ0) is 17.3. The number of hydrogen-bond donors (Lipinski definition) is 0. The van der Waals surface area contributed by atoms with Gasteiger partial charge in [0, 0.05) is 0 Å². The van der Waals surface area contributed by atoms with Crippen molar-refractivity contribution in [3.05, 3.63) is 82.4 Å². The van der Waals surface area contributed by atoms with Crippen LogP contribution in [0.1, 0.15) is 55.0 Å². The molecule has 0 saturated heterocycles. The fourth-order valence-electron chi connectivity index (χ4n) is 3.38. The minimum absolute atomic E-state index is 0.129. The number of carbonyl (C=O) groups excluding carboxylic acids is 1. The van der Waals surface area contributed by atoms with Gasteiger partial charge in [-0.2, -0.15) is 0 Å². The summed E-state index contributed by atoms with van der Waals surface area (Å²) in [5.74, 6) is 0. The van der Waals surface area contributed by atoms with Crippen molar-refractivity contribution in [2.24, 2.45) is 0 Å². The van der Waals surface area contributed by atoms with E-state index in [1.165, 1.54) is 27.8 Å². The molecule has 122 valence electrons. The second-order valence-corrected chi connectivity index (χ2v) is 7.32. The summed E-state index contributed by atoms with van der Waals surface area (Å²) in [7, 11) is 0. The number of carbonyl (C=O) groups is 1. The van der Waals surface area contributed by atoms with E-state index in [0.717, 1.165) is 23.8 Å². The van der Waals surface area contributed by atoms with Gasteiger partial charge in [-0.05, 0) is 71.2 Å². The highest BCUT2D eigenvalue weighted by molar-refractivity contribution is 5.87. The smallest absolute Gasteiger partial charge is 0.143 e. The van der Waals surface area contributed by atoms with Crippen LogP contribution in [0.5, 0.6) is 0 Å². The van der Waals surface area contributed by atoms with Gasteiger partial charge < -0.3 is 0 Å².